The lowest BCUT2D eigenvalue weighted by Crippen LogP contribution is -2.47. The molecule has 1 aromatic heterocycles. The van der Waals surface area contributed by atoms with E-state index in [1.807, 2.05) is 18.4 Å². The van der Waals surface area contributed by atoms with Crippen molar-refractivity contribution in [2.75, 3.05) is 39.9 Å². The summed E-state index contributed by atoms with van der Waals surface area (Å²) in [5.41, 5.74) is 0. The second kappa shape index (κ2) is 8.65. The van der Waals surface area contributed by atoms with E-state index in [9.17, 15) is 0 Å². The normalized spacial score (nSPS) is 21.2. The molecule has 1 saturated heterocycles. The van der Waals surface area contributed by atoms with Gasteiger partial charge in [-0.25, -0.2) is 0 Å². The summed E-state index contributed by atoms with van der Waals surface area (Å²) in [5.74, 6) is 0.898. The Hall–Kier alpha value is -1.37. The number of aliphatic imine (C=N–C) groups is 1. The first-order chi connectivity index (χ1) is 11.8. The number of aryl methyl sites for hydroxylation is 1. The summed E-state index contributed by atoms with van der Waals surface area (Å²) in [4.78, 5) is 9.69. The molecule has 0 saturated carbocycles. The molecule has 0 radical (unpaired) electrons. The lowest BCUT2D eigenvalue weighted by Gasteiger charge is -2.34. The van der Waals surface area contributed by atoms with Gasteiger partial charge in [-0.3, -0.25) is 9.89 Å². The number of ether oxygens (including phenoxy) is 1. The molecule has 2 aliphatic rings. The Kier molecular flexibility index (Phi) is 6.29. The van der Waals surface area contributed by atoms with Gasteiger partial charge in [-0.05, 0) is 31.9 Å². The van der Waals surface area contributed by atoms with E-state index in [2.05, 4.69) is 51.7 Å². The Balaban J connectivity index is 1.62. The van der Waals surface area contributed by atoms with E-state index >= 15 is 0 Å². The van der Waals surface area contributed by atoms with Crippen LogP contribution in [-0.4, -0.2) is 56.8 Å². The van der Waals surface area contributed by atoms with Crippen LogP contribution >= 0.6 is 11.3 Å². The van der Waals surface area contributed by atoms with E-state index in [1.54, 1.807) is 0 Å². The number of rotatable bonds is 5. The smallest absolute Gasteiger partial charge is 0.191 e. The highest BCUT2D eigenvalue weighted by molar-refractivity contribution is 7.12. The molecular formula is C18H28N4OS. The van der Waals surface area contributed by atoms with Gasteiger partial charge in [0.05, 0.1) is 19.3 Å². The number of thiophene rings is 1. The summed E-state index contributed by atoms with van der Waals surface area (Å²) in [7, 11) is 1.84. The molecule has 0 amide bonds. The predicted octanol–water partition coefficient (Wildman–Crippen LogP) is 2.31. The minimum atomic E-state index is 0.368. The van der Waals surface area contributed by atoms with Crippen LogP contribution in [0.4, 0.5) is 0 Å². The Morgan fingerprint density at radius 3 is 2.71 bits per heavy atom. The molecule has 132 valence electrons. The van der Waals surface area contributed by atoms with Crippen molar-refractivity contribution in [2.45, 2.75) is 31.8 Å². The first kappa shape index (κ1) is 17.5. The lowest BCUT2D eigenvalue weighted by molar-refractivity contribution is 0.0177. The summed E-state index contributed by atoms with van der Waals surface area (Å²) < 4.78 is 5.52. The second-order valence-electron chi connectivity index (χ2n) is 6.35. The van der Waals surface area contributed by atoms with E-state index in [-0.39, 0.29) is 0 Å². The number of guanidine groups is 1. The number of morpholine rings is 1. The van der Waals surface area contributed by atoms with Gasteiger partial charge in [-0.15, -0.1) is 11.3 Å². The van der Waals surface area contributed by atoms with Gasteiger partial charge >= 0.3 is 0 Å². The molecule has 2 heterocycles. The number of nitrogens with one attached hydrogen (secondary N) is 2. The minimum absolute atomic E-state index is 0.368. The summed E-state index contributed by atoms with van der Waals surface area (Å²) in [6.07, 6.45) is 6.63. The van der Waals surface area contributed by atoms with Gasteiger partial charge in [-0.2, -0.15) is 0 Å². The largest absolute Gasteiger partial charge is 0.379 e. The fourth-order valence-electron chi connectivity index (χ4n) is 3.25. The van der Waals surface area contributed by atoms with Crippen LogP contribution in [0.2, 0.25) is 0 Å². The summed E-state index contributed by atoms with van der Waals surface area (Å²) in [5, 5.41) is 7.05. The van der Waals surface area contributed by atoms with Crippen molar-refractivity contribution in [3.05, 3.63) is 34.0 Å². The molecule has 1 aliphatic carbocycles. The maximum atomic E-state index is 5.52. The van der Waals surface area contributed by atoms with Gasteiger partial charge < -0.3 is 15.4 Å². The SMILES string of the molecule is CN=C(NCC(c1ccc(C)s1)N1CCOCC1)NC1CC=CC1. The van der Waals surface area contributed by atoms with Crippen molar-refractivity contribution in [2.24, 2.45) is 4.99 Å². The van der Waals surface area contributed by atoms with Crippen LogP contribution < -0.4 is 10.6 Å². The summed E-state index contributed by atoms with van der Waals surface area (Å²) in [6, 6.07) is 5.32. The predicted molar refractivity (Wildman–Crippen MR) is 101 cm³/mol. The zero-order chi connectivity index (χ0) is 16.8. The van der Waals surface area contributed by atoms with Crippen LogP contribution in [0.5, 0.6) is 0 Å². The van der Waals surface area contributed by atoms with Gasteiger partial charge in [0, 0.05) is 42.5 Å². The van der Waals surface area contributed by atoms with Gasteiger partial charge in [0.1, 0.15) is 0 Å². The lowest BCUT2D eigenvalue weighted by atomic mass is 10.2. The number of hydrogen-bond acceptors (Lipinski definition) is 4. The first-order valence-electron chi connectivity index (χ1n) is 8.76. The summed E-state index contributed by atoms with van der Waals surface area (Å²) >= 11 is 1.89. The summed E-state index contributed by atoms with van der Waals surface area (Å²) in [6.45, 7) is 6.65. The van der Waals surface area contributed by atoms with Crippen LogP contribution in [0.3, 0.4) is 0 Å². The maximum Gasteiger partial charge on any atom is 0.191 e. The van der Waals surface area contributed by atoms with Crippen LogP contribution in [0.1, 0.15) is 28.6 Å². The number of hydrogen-bond donors (Lipinski definition) is 2. The average molecular weight is 349 g/mol. The number of nitrogens with zero attached hydrogens (tertiary/aromatic N) is 2. The van der Waals surface area contributed by atoms with Crippen molar-refractivity contribution >= 4 is 17.3 Å². The van der Waals surface area contributed by atoms with E-state index in [1.165, 1.54) is 9.75 Å². The van der Waals surface area contributed by atoms with Crippen LogP contribution in [0.15, 0.2) is 29.3 Å². The topological polar surface area (TPSA) is 48.9 Å². The van der Waals surface area contributed by atoms with Crippen LogP contribution in [-0.2, 0) is 4.74 Å². The molecule has 1 atom stereocenters. The second-order valence-corrected chi connectivity index (χ2v) is 7.67. The highest BCUT2D eigenvalue weighted by atomic mass is 32.1. The highest BCUT2D eigenvalue weighted by Crippen LogP contribution is 2.27. The zero-order valence-electron chi connectivity index (χ0n) is 14.6. The highest BCUT2D eigenvalue weighted by Gasteiger charge is 2.24. The molecule has 24 heavy (non-hydrogen) atoms. The Labute approximate surface area is 148 Å². The third-order valence-electron chi connectivity index (χ3n) is 4.61. The zero-order valence-corrected chi connectivity index (χ0v) is 15.4. The fraction of sp³-hybridized carbons (Fsp3) is 0.611. The molecule has 0 bridgehead atoms. The van der Waals surface area contributed by atoms with E-state index in [4.69, 9.17) is 4.74 Å². The van der Waals surface area contributed by atoms with Crippen molar-refractivity contribution in [1.29, 1.82) is 0 Å². The van der Waals surface area contributed by atoms with E-state index < -0.39 is 0 Å². The van der Waals surface area contributed by atoms with Gasteiger partial charge in [0.15, 0.2) is 5.96 Å². The molecule has 3 rings (SSSR count). The standard InChI is InChI=1S/C18H28N4OS/c1-14-7-8-17(24-14)16(22-9-11-23-12-10-22)13-20-18(19-2)21-15-5-3-4-6-15/h3-4,7-8,15-16H,5-6,9-13H2,1-2H3,(H2,19,20,21). The monoisotopic (exact) mass is 348 g/mol. The molecule has 1 unspecified atom stereocenters. The van der Waals surface area contributed by atoms with E-state index in [0.29, 0.717) is 12.1 Å². The average Bonchev–Trinajstić information content (AvgIpc) is 3.27. The van der Waals surface area contributed by atoms with Gasteiger partial charge in [-0.1, -0.05) is 12.2 Å². The van der Waals surface area contributed by atoms with E-state index in [0.717, 1.165) is 51.6 Å². The Morgan fingerprint density at radius 2 is 2.08 bits per heavy atom. The van der Waals surface area contributed by atoms with Gasteiger partial charge in [0.25, 0.3) is 0 Å². The third kappa shape index (κ3) is 4.59. The first-order valence-corrected chi connectivity index (χ1v) is 9.58. The fourth-order valence-corrected chi connectivity index (χ4v) is 4.26. The quantitative estimate of drug-likeness (QED) is 0.487. The molecule has 0 aromatic carbocycles. The minimum Gasteiger partial charge on any atom is -0.379 e. The Bertz CT molecular complexity index is 569. The van der Waals surface area contributed by atoms with Crippen molar-refractivity contribution in [3.63, 3.8) is 0 Å². The molecular weight excluding hydrogens is 320 g/mol. The molecule has 2 N–H and O–H groups in total. The van der Waals surface area contributed by atoms with Crippen molar-refractivity contribution in [3.8, 4) is 0 Å². The van der Waals surface area contributed by atoms with Crippen LogP contribution in [0.25, 0.3) is 0 Å². The van der Waals surface area contributed by atoms with Crippen LogP contribution in [0, 0.1) is 6.92 Å². The molecule has 6 heteroatoms. The van der Waals surface area contributed by atoms with Crippen molar-refractivity contribution < 1.29 is 4.74 Å². The maximum absolute atomic E-state index is 5.52. The van der Waals surface area contributed by atoms with Gasteiger partial charge in [0.2, 0.25) is 0 Å². The Morgan fingerprint density at radius 1 is 1.33 bits per heavy atom. The molecule has 0 spiro atoms. The molecule has 1 aromatic rings. The molecule has 1 fully saturated rings. The molecule has 5 nitrogen and oxygen atoms in total. The molecule has 1 aliphatic heterocycles. The third-order valence-corrected chi connectivity index (χ3v) is 5.71. The van der Waals surface area contributed by atoms with Crippen molar-refractivity contribution in [1.82, 2.24) is 15.5 Å².